The van der Waals surface area contributed by atoms with Crippen LogP contribution in [-0.2, 0) is 4.79 Å². The molecule has 108 valence electrons. The van der Waals surface area contributed by atoms with Crippen LogP contribution in [0.3, 0.4) is 0 Å². The number of allylic oxidation sites excluding steroid dienone is 4. The minimum atomic E-state index is 0.356. The van der Waals surface area contributed by atoms with Gasteiger partial charge in [-0.15, -0.1) is 0 Å². The van der Waals surface area contributed by atoms with Gasteiger partial charge in [-0.25, -0.2) is 0 Å². The van der Waals surface area contributed by atoms with Gasteiger partial charge in [0.05, 0.1) is 0 Å². The number of carbonyl (C=O) groups is 1. The van der Waals surface area contributed by atoms with Crippen molar-refractivity contribution in [3.8, 4) is 0 Å². The summed E-state index contributed by atoms with van der Waals surface area (Å²) in [5.74, 6) is 1.25. The normalized spacial score (nSPS) is 43.8. The summed E-state index contributed by atoms with van der Waals surface area (Å²) >= 11 is 0. The summed E-state index contributed by atoms with van der Waals surface area (Å²) in [6, 6.07) is 0. The number of ketones is 1. The Kier molecular flexibility index (Phi) is 2.63. The van der Waals surface area contributed by atoms with Crippen LogP contribution in [0.5, 0.6) is 0 Å². The van der Waals surface area contributed by atoms with Crippen molar-refractivity contribution in [3.05, 3.63) is 22.8 Å². The molecule has 0 aliphatic heterocycles. The topological polar surface area (TPSA) is 17.1 Å². The van der Waals surface area contributed by atoms with E-state index in [9.17, 15) is 4.79 Å². The van der Waals surface area contributed by atoms with Gasteiger partial charge in [0.2, 0.25) is 0 Å². The Labute approximate surface area is 122 Å². The van der Waals surface area contributed by atoms with Crippen LogP contribution in [0.2, 0.25) is 0 Å². The Morgan fingerprint density at radius 2 is 1.90 bits per heavy atom. The first-order chi connectivity index (χ1) is 9.53. The van der Waals surface area contributed by atoms with Crippen LogP contribution in [0.15, 0.2) is 22.8 Å². The fraction of sp³-hybridized carbons (Fsp3) is 0.737. The van der Waals surface area contributed by atoms with E-state index >= 15 is 0 Å². The van der Waals surface area contributed by atoms with Crippen molar-refractivity contribution < 1.29 is 4.79 Å². The van der Waals surface area contributed by atoms with Crippen LogP contribution in [-0.4, -0.2) is 5.78 Å². The molecule has 0 aromatic rings. The molecule has 0 N–H and O–H groups in total. The van der Waals surface area contributed by atoms with E-state index in [1.807, 2.05) is 6.08 Å². The third kappa shape index (κ3) is 1.58. The van der Waals surface area contributed by atoms with Crippen molar-refractivity contribution in [3.63, 3.8) is 0 Å². The van der Waals surface area contributed by atoms with Gasteiger partial charge >= 0.3 is 0 Å². The maximum absolute atomic E-state index is 11.7. The van der Waals surface area contributed by atoms with Gasteiger partial charge in [-0.05, 0) is 78.9 Å². The zero-order chi connectivity index (χ0) is 14.0. The number of hydrogen-bond acceptors (Lipinski definition) is 1. The van der Waals surface area contributed by atoms with Crippen LogP contribution in [0.25, 0.3) is 0 Å². The lowest BCUT2D eigenvalue weighted by molar-refractivity contribution is -0.114. The highest BCUT2D eigenvalue weighted by molar-refractivity contribution is 5.93. The van der Waals surface area contributed by atoms with E-state index in [1.165, 1.54) is 44.1 Å². The second-order valence-corrected chi connectivity index (χ2v) is 8.11. The van der Waals surface area contributed by atoms with Crippen LogP contribution >= 0.6 is 0 Å². The zero-order valence-electron chi connectivity index (χ0n) is 12.9. The van der Waals surface area contributed by atoms with Crippen molar-refractivity contribution in [2.75, 3.05) is 0 Å². The Morgan fingerprint density at radius 1 is 1.05 bits per heavy atom. The first-order valence-electron chi connectivity index (χ1n) is 8.49. The molecule has 4 aliphatic rings. The lowest BCUT2D eigenvalue weighted by Gasteiger charge is -2.54. The number of hydrogen-bond donors (Lipinski definition) is 0. The summed E-state index contributed by atoms with van der Waals surface area (Å²) in [6.07, 6.45) is 13.2. The minimum Gasteiger partial charge on any atom is -0.295 e. The minimum absolute atomic E-state index is 0.356. The van der Waals surface area contributed by atoms with Gasteiger partial charge in [-0.3, -0.25) is 4.79 Å². The fourth-order valence-electron chi connectivity index (χ4n) is 6.07. The quantitative estimate of drug-likeness (QED) is 0.607. The lowest BCUT2D eigenvalue weighted by Crippen LogP contribution is -2.44. The first kappa shape index (κ1) is 12.9. The highest BCUT2D eigenvalue weighted by Crippen LogP contribution is 2.65. The summed E-state index contributed by atoms with van der Waals surface area (Å²) in [7, 11) is 0. The molecule has 0 aromatic carbocycles. The van der Waals surface area contributed by atoms with E-state index in [0.717, 1.165) is 25.2 Å². The third-order valence-corrected chi connectivity index (χ3v) is 7.11. The number of rotatable bonds is 0. The molecule has 4 aliphatic carbocycles. The zero-order valence-corrected chi connectivity index (χ0v) is 12.9. The molecule has 0 amide bonds. The van der Waals surface area contributed by atoms with Gasteiger partial charge in [0.25, 0.3) is 0 Å². The maximum Gasteiger partial charge on any atom is 0.156 e. The summed E-state index contributed by atoms with van der Waals surface area (Å²) in [4.78, 5) is 11.7. The fourth-order valence-corrected chi connectivity index (χ4v) is 6.07. The van der Waals surface area contributed by atoms with Crippen LogP contribution < -0.4 is 0 Å². The Hall–Kier alpha value is -0.850. The Balaban J connectivity index is 1.82. The Bertz CT molecular complexity index is 538. The largest absolute Gasteiger partial charge is 0.295 e. The molecule has 0 heterocycles. The van der Waals surface area contributed by atoms with Crippen molar-refractivity contribution in [1.82, 2.24) is 0 Å². The molecular formula is C19H26O. The van der Waals surface area contributed by atoms with Crippen molar-refractivity contribution in [1.29, 1.82) is 0 Å². The molecule has 0 bridgehead atoms. The highest BCUT2D eigenvalue weighted by Gasteiger charge is 2.54. The SMILES string of the molecule is C[C@@]12CCC[C@H]1[C@]1(C)CCC3=CC(=O)CCC3=C1CC2. The second-order valence-electron chi connectivity index (χ2n) is 8.11. The average Bonchev–Trinajstić information content (AvgIpc) is 2.81. The standard InChI is InChI=1S/C19H26O/c1-18-9-3-4-17(18)19(2)11-7-13-12-14(20)5-6-15(13)16(19)8-10-18/h12,17H,3-11H2,1-2H3/t17-,18+,19-/m1/s1. The number of carbonyl (C=O) groups excluding carboxylic acids is 1. The van der Waals surface area contributed by atoms with E-state index < -0.39 is 0 Å². The van der Waals surface area contributed by atoms with Crippen LogP contribution in [0, 0.1) is 16.7 Å². The van der Waals surface area contributed by atoms with Crippen molar-refractivity contribution in [2.45, 2.75) is 71.6 Å². The summed E-state index contributed by atoms with van der Waals surface area (Å²) in [6.45, 7) is 5.10. The second kappa shape index (κ2) is 4.08. The molecule has 2 saturated carbocycles. The van der Waals surface area contributed by atoms with E-state index in [1.54, 1.807) is 11.1 Å². The van der Waals surface area contributed by atoms with E-state index in [2.05, 4.69) is 13.8 Å². The van der Waals surface area contributed by atoms with Crippen molar-refractivity contribution >= 4 is 5.78 Å². The molecule has 1 nitrogen and oxygen atoms in total. The van der Waals surface area contributed by atoms with Gasteiger partial charge in [0, 0.05) is 6.42 Å². The lowest BCUT2D eigenvalue weighted by atomic mass is 9.50. The van der Waals surface area contributed by atoms with E-state index in [4.69, 9.17) is 0 Å². The monoisotopic (exact) mass is 270 g/mol. The molecular weight excluding hydrogens is 244 g/mol. The number of fused-ring (bicyclic) bond motifs is 4. The van der Waals surface area contributed by atoms with Gasteiger partial charge in [0.15, 0.2) is 5.78 Å². The average molecular weight is 270 g/mol. The highest BCUT2D eigenvalue weighted by atomic mass is 16.1. The van der Waals surface area contributed by atoms with Gasteiger partial charge in [-0.1, -0.05) is 25.8 Å². The molecule has 0 aromatic heterocycles. The van der Waals surface area contributed by atoms with Gasteiger partial charge in [-0.2, -0.15) is 0 Å². The van der Waals surface area contributed by atoms with E-state index in [0.29, 0.717) is 16.6 Å². The molecule has 1 heteroatoms. The molecule has 0 spiro atoms. The summed E-state index contributed by atoms with van der Waals surface area (Å²) < 4.78 is 0. The van der Waals surface area contributed by atoms with Crippen molar-refractivity contribution in [2.24, 2.45) is 16.7 Å². The smallest absolute Gasteiger partial charge is 0.156 e. The molecule has 0 saturated heterocycles. The molecule has 0 unspecified atom stereocenters. The predicted octanol–water partition coefficient (Wildman–Crippen LogP) is 4.97. The van der Waals surface area contributed by atoms with Gasteiger partial charge in [0.1, 0.15) is 0 Å². The van der Waals surface area contributed by atoms with Crippen LogP contribution in [0.4, 0.5) is 0 Å². The molecule has 3 atom stereocenters. The van der Waals surface area contributed by atoms with Gasteiger partial charge < -0.3 is 0 Å². The van der Waals surface area contributed by atoms with Crippen LogP contribution in [0.1, 0.15) is 71.6 Å². The summed E-state index contributed by atoms with van der Waals surface area (Å²) in [5.41, 5.74) is 5.80. The third-order valence-electron chi connectivity index (χ3n) is 7.11. The predicted molar refractivity (Wildman–Crippen MR) is 81.4 cm³/mol. The Morgan fingerprint density at radius 3 is 2.75 bits per heavy atom. The molecule has 0 radical (unpaired) electrons. The maximum atomic E-state index is 11.7. The first-order valence-corrected chi connectivity index (χ1v) is 8.49. The summed E-state index contributed by atoms with van der Waals surface area (Å²) in [5, 5.41) is 0. The molecule has 2 fully saturated rings. The van der Waals surface area contributed by atoms with E-state index in [-0.39, 0.29) is 0 Å². The molecule has 20 heavy (non-hydrogen) atoms. The molecule has 4 rings (SSSR count).